The highest BCUT2D eigenvalue weighted by Gasteiger charge is 2.49. The number of alkyl halides is 7. The van der Waals surface area contributed by atoms with E-state index in [-0.39, 0.29) is 24.1 Å². The van der Waals surface area contributed by atoms with Gasteiger partial charge in [-0.05, 0) is 50.7 Å². The van der Waals surface area contributed by atoms with Crippen molar-refractivity contribution in [3.05, 3.63) is 36.0 Å². The number of carbonyl (C=O) groups is 2. The van der Waals surface area contributed by atoms with Gasteiger partial charge < -0.3 is 10.1 Å². The standard InChI is InChI=1S/C23H25ClF6N4O3/c1-21(14(12-31-2)13-32-3,20(36)33-15-8-10-22(26,27)11-9-15)34(19(35)18(24)25)16-4-6-17(7-5-16)37-23(28,29)30/h4-7,12-13,15,18H,2,8-11H2,1,3H3,(H,33,36)/b14-12+,32-13-/t18-,21-/m0/s1. The molecule has 0 radical (unpaired) electrons. The molecule has 2 amide bonds. The number of hydrogen-bond acceptors (Lipinski definition) is 5. The Kier molecular flexibility index (Phi) is 9.75. The molecule has 1 aromatic rings. The van der Waals surface area contributed by atoms with E-state index in [0.717, 1.165) is 36.7 Å². The van der Waals surface area contributed by atoms with Crippen molar-refractivity contribution >= 4 is 42.0 Å². The minimum absolute atomic E-state index is 0.0614. The SMILES string of the molecule is C=N/C=C(\C=N/C)[C@@](C)(C(=O)NC1CCC(F)(F)CC1)N(C(=O)[C@H](F)Cl)c1ccc(OC(F)(F)F)cc1. The van der Waals surface area contributed by atoms with Crippen LogP contribution in [0.25, 0.3) is 0 Å². The van der Waals surface area contributed by atoms with Crippen LogP contribution < -0.4 is 15.0 Å². The van der Waals surface area contributed by atoms with Gasteiger partial charge in [0.15, 0.2) is 5.54 Å². The van der Waals surface area contributed by atoms with E-state index >= 15 is 0 Å². The van der Waals surface area contributed by atoms with Gasteiger partial charge in [-0.3, -0.25) is 24.5 Å². The van der Waals surface area contributed by atoms with Crippen molar-refractivity contribution in [3.8, 4) is 5.75 Å². The maximum atomic E-state index is 14.2. The molecule has 0 saturated heterocycles. The molecule has 1 fully saturated rings. The molecule has 0 aliphatic heterocycles. The predicted octanol–water partition coefficient (Wildman–Crippen LogP) is 5.19. The van der Waals surface area contributed by atoms with Gasteiger partial charge in [-0.1, -0.05) is 11.6 Å². The molecule has 0 spiro atoms. The summed E-state index contributed by atoms with van der Waals surface area (Å²) in [4.78, 5) is 34.8. The van der Waals surface area contributed by atoms with Crippen LogP contribution in [-0.4, -0.2) is 61.3 Å². The van der Waals surface area contributed by atoms with Gasteiger partial charge in [0.05, 0.1) is 0 Å². The van der Waals surface area contributed by atoms with Gasteiger partial charge in [0.1, 0.15) is 5.75 Å². The molecule has 1 aliphatic rings. The Morgan fingerprint density at radius 3 is 2.27 bits per heavy atom. The highest BCUT2D eigenvalue weighted by molar-refractivity contribution is 6.32. The second kappa shape index (κ2) is 12.0. The molecule has 1 aromatic carbocycles. The zero-order valence-electron chi connectivity index (χ0n) is 19.9. The second-order valence-corrected chi connectivity index (χ2v) is 8.73. The minimum atomic E-state index is -4.99. The van der Waals surface area contributed by atoms with Gasteiger partial charge in [0.25, 0.3) is 17.4 Å². The molecule has 14 heteroatoms. The summed E-state index contributed by atoms with van der Waals surface area (Å²) in [6.07, 6.45) is -3.84. The summed E-state index contributed by atoms with van der Waals surface area (Å²) in [5.74, 6) is -5.86. The van der Waals surface area contributed by atoms with E-state index in [0.29, 0.717) is 4.90 Å². The van der Waals surface area contributed by atoms with E-state index in [1.54, 1.807) is 0 Å². The topological polar surface area (TPSA) is 83.4 Å². The van der Waals surface area contributed by atoms with E-state index in [2.05, 4.69) is 26.8 Å². The lowest BCUT2D eigenvalue weighted by atomic mass is 9.86. The molecule has 2 rings (SSSR count). The summed E-state index contributed by atoms with van der Waals surface area (Å²) >= 11 is 5.45. The Morgan fingerprint density at radius 1 is 1.24 bits per heavy atom. The van der Waals surface area contributed by atoms with Crippen LogP contribution in [0.1, 0.15) is 32.6 Å². The molecule has 2 atom stereocenters. The number of benzene rings is 1. The van der Waals surface area contributed by atoms with Crippen LogP contribution in [0.4, 0.5) is 32.0 Å². The van der Waals surface area contributed by atoms with E-state index in [1.165, 1.54) is 14.0 Å². The second-order valence-electron chi connectivity index (χ2n) is 8.35. The monoisotopic (exact) mass is 554 g/mol. The molecule has 37 heavy (non-hydrogen) atoms. The largest absolute Gasteiger partial charge is 0.573 e. The average Bonchev–Trinajstić information content (AvgIpc) is 2.80. The van der Waals surface area contributed by atoms with Gasteiger partial charge in [-0.15, -0.1) is 13.2 Å². The number of nitrogens with one attached hydrogen (secondary N) is 1. The molecule has 1 N–H and O–H groups in total. The third-order valence-electron chi connectivity index (χ3n) is 5.74. The number of rotatable bonds is 9. The van der Waals surface area contributed by atoms with Crippen molar-refractivity contribution in [1.82, 2.24) is 5.32 Å². The zero-order chi connectivity index (χ0) is 28.0. The summed E-state index contributed by atoms with van der Waals surface area (Å²) in [5.41, 5.74) is -5.12. The number of anilines is 1. The van der Waals surface area contributed by atoms with Crippen LogP contribution in [0.3, 0.4) is 0 Å². The zero-order valence-corrected chi connectivity index (χ0v) is 20.6. The highest BCUT2D eigenvalue weighted by Crippen LogP contribution is 2.36. The molecule has 1 aliphatic carbocycles. The molecule has 7 nitrogen and oxygen atoms in total. The molecule has 1 saturated carbocycles. The average molecular weight is 555 g/mol. The van der Waals surface area contributed by atoms with Crippen LogP contribution in [-0.2, 0) is 9.59 Å². The van der Waals surface area contributed by atoms with Gasteiger partial charge in [-0.25, -0.2) is 13.2 Å². The van der Waals surface area contributed by atoms with Crippen molar-refractivity contribution in [3.63, 3.8) is 0 Å². The number of amides is 2. The number of hydrogen-bond donors (Lipinski definition) is 1. The maximum absolute atomic E-state index is 14.2. The van der Waals surface area contributed by atoms with E-state index in [4.69, 9.17) is 11.6 Å². The molecule has 0 aromatic heterocycles. The lowest BCUT2D eigenvalue weighted by molar-refractivity contribution is -0.274. The summed E-state index contributed by atoms with van der Waals surface area (Å²) < 4.78 is 83.0. The Bertz CT molecular complexity index is 1040. The smallest absolute Gasteiger partial charge is 0.406 e. The first-order chi connectivity index (χ1) is 17.1. The molecule has 0 heterocycles. The molecular weight excluding hydrogens is 530 g/mol. The number of aliphatic imine (C=N–C) groups is 2. The third-order valence-corrected chi connectivity index (χ3v) is 5.92. The summed E-state index contributed by atoms with van der Waals surface area (Å²) in [7, 11) is 1.34. The van der Waals surface area contributed by atoms with Crippen LogP contribution in [0.15, 0.2) is 46.0 Å². The molecule has 0 bridgehead atoms. The summed E-state index contributed by atoms with van der Waals surface area (Å²) in [5, 5.41) is 2.61. The van der Waals surface area contributed by atoms with Crippen LogP contribution in [0, 0.1) is 0 Å². The normalized spacial score (nSPS) is 19.1. The van der Waals surface area contributed by atoms with Crippen molar-refractivity contribution in [2.75, 3.05) is 11.9 Å². The van der Waals surface area contributed by atoms with Crippen LogP contribution >= 0.6 is 11.6 Å². The molecular formula is C23H25ClF6N4O3. The Hall–Kier alpha value is -3.09. The van der Waals surface area contributed by atoms with Crippen LogP contribution in [0.2, 0.25) is 0 Å². The first-order valence-electron chi connectivity index (χ1n) is 10.9. The Labute approximate surface area is 214 Å². The van der Waals surface area contributed by atoms with E-state index < -0.39 is 59.9 Å². The third kappa shape index (κ3) is 7.70. The van der Waals surface area contributed by atoms with Crippen molar-refractivity contribution in [1.29, 1.82) is 0 Å². The highest BCUT2D eigenvalue weighted by atomic mass is 35.5. The van der Waals surface area contributed by atoms with Crippen molar-refractivity contribution < 1.29 is 40.7 Å². The fourth-order valence-electron chi connectivity index (χ4n) is 3.89. The lowest BCUT2D eigenvalue weighted by Crippen LogP contribution is -2.63. The maximum Gasteiger partial charge on any atom is 0.573 e. The number of nitrogens with zero attached hydrogens (tertiary/aromatic N) is 3. The first-order valence-corrected chi connectivity index (χ1v) is 11.3. The first kappa shape index (κ1) is 30.1. The fourth-order valence-corrected chi connectivity index (χ4v) is 3.99. The molecule has 0 unspecified atom stereocenters. The van der Waals surface area contributed by atoms with Crippen molar-refractivity contribution in [2.45, 2.75) is 62.1 Å². The Balaban J connectivity index is 2.62. The quantitative estimate of drug-likeness (QED) is 0.259. The van der Waals surface area contributed by atoms with E-state index in [9.17, 15) is 35.9 Å². The number of ether oxygens (including phenoxy) is 1. The number of carbonyl (C=O) groups excluding carboxylic acids is 2. The van der Waals surface area contributed by atoms with Gasteiger partial charge in [0.2, 0.25) is 5.92 Å². The van der Waals surface area contributed by atoms with Gasteiger partial charge >= 0.3 is 6.36 Å². The Morgan fingerprint density at radius 2 is 1.81 bits per heavy atom. The summed E-state index contributed by atoms with van der Waals surface area (Å²) in [6, 6.07) is 3.00. The lowest BCUT2D eigenvalue weighted by Gasteiger charge is -2.42. The fraction of sp³-hybridized carbons (Fsp3) is 0.478. The van der Waals surface area contributed by atoms with Crippen LogP contribution in [0.5, 0.6) is 5.75 Å². The van der Waals surface area contributed by atoms with Gasteiger partial charge in [0, 0.05) is 49.6 Å². The predicted molar refractivity (Wildman–Crippen MR) is 127 cm³/mol. The van der Waals surface area contributed by atoms with Crippen molar-refractivity contribution in [2.24, 2.45) is 9.98 Å². The van der Waals surface area contributed by atoms with Gasteiger partial charge in [-0.2, -0.15) is 0 Å². The minimum Gasteiger partial charge on any atom is -0.406 e. The molecule has 204 valence electrons. The number of halogens is 7. The summed E-state index contributed by atoms with van der Waals surface area (Å²) in [6.45, 7) is 4.52. The van der Waals surface area contributed by atoms with E-state index in [1.807, 2.05) is 0 Å².